The van der Waals surface area contributed by atoms with Gasteiger partial charge in [-0.25, -0.2) is 4.79 Å². The minimum absolute atomic E-state index is 0.240. The van der Waals surface area contributed by atoms with E-state index in [1.807, 2.05) is 0 Å². The van der Waals surface area contributed by atoms with Crippen LogP contribution in [0.4, 0.5) is 5.95 Å². The van der Waals surface area contributed by atoms with Crippen molar-refractivity contribution in [3.8, 4) is 0 Å². The zero-order chi connectivity index (χ0) is 13.0. The highest BCUT2D eigenvalue weighted by Gasteiger charge is 2.22. The minimum atomic E-state index is -1.27. The molecular formula is C7H9N5O5. The monoisotopic (exact) mass is 243 g/mol. The topological polar surface area (TPSA) is 140 Å². The first-order chi connectivity index (χ1) is 7.90. The number of nitro groups is 1. The Balaban J connectivity index is 2.75. The molecule has 0 aliphatic rings. The Bertz CT molecular complexity index is 455. The lowest BCUT2D eigenvalue weighted by Crippen LogP contribution is -2.42. The van der Waals surface area contributed by atoms with Crippen molar-refractivity contribution in [2.75, 3.05) is 0 Å². The summed E-state index contributed by atoms with van der Waals surface area (Å²) < 4.78 is 0.979. The molecule has 0 saturated heterocycles. The maximum atomic E-state index is 10.8. The van der Waals surface area contributed by atoms with Gasteiger partial charge in [0.1, 0.15) is 6.04 Å². The molecule has 10 heteroatoms. The molecule has 0 saturated carbocycles. The summed E-state index contributed by atoms with van der Waals surface area (Å²) in [5.74, 6) is -2.41. The fourth-order valence-electron chi connectivity index (χ4n) is 1.07. The second kappa shape index (κ2) is 5.01. The van der Waals surface area contributed by atoms with E-state index in [0.29, 0.717) is 0 Å². The summed E-state index contributed by atoms with van der Waals surface area (Å²) in [6, 6.07) is -1.21. The van der Waals surface area contributed by atoms with E-state index in [-0.39, 0.29) is 6.54 Å². The third-order valence-electron chi connectivity index (χ3n) is 1.73. The molecule has 0 radical (unpaired) electrons. The van der Waals surface area contributed by atoms with Crippen molar-refractivity contribution in [3.63, 3.8) is 0 Å². The average Bonchev–Trinajstić information content (AvgIpc) is 2.64. The Kier molecular flexibility index (Phi) is 3.70. The number of carboxylic acids is 1. The Morgan fingerprint density at radius 2 is 2.35 bits per heavy atom. The third-order valence-corrected chi connectivity index (χ3v) is 1.73. The summed E-state index contributed by atoms with van der Waals surface area (Å²) in [7, 11) is 0. The third kappa shape index (κ3) is 3.52. The molecule has 10 nitrogen and oxygen atoms in total. The smallest absolute Gasteiger partial charge is 0.480 e. The van der Waals surface area contributed by atoms with Gasteiger partial charge in [-0.15, -0.1) is 0 Å². The van der Waals surface area contributed by atoms with Gasteiger partial charge in [0, 0.05) is 12.0 Å². The van der Waals surface area contributed by atoms with Gasteiger partial charge in [0.25, 0.3) is 0 Å². The molecule has 1 aromatic heterocycles. The maximum absolute atomic E-state index is 10.8. The summed E-state index contributed by atoms with van der Waals surface area (Å²) in [5, 5.41) is 24.7. The molecule has 1 atom stereocenters. The van der Waals surface area contributed by atoms with Crippen molar-refractivity contribution in [2.45, 2.75) is 19.5 Å². The molecule has 0 aliphatic heterocycles. The molecule has 2 N–H and O–H groups in total. The minimum Gasteiger partial charge on any atom is -0.480 e. The lowest BCUT2D eigenvalue weighted by Gasteiger charge is -2.10. The summed E-state index contributed by atoms with van der Waals surface area (Å²) in [4.78, 5) is 34.4. The first kappa shape index (κ1) is 12.5. The molecule has 0 spiro atoms. The zero-order valence-electron chi connectivity index (χ0n) is 8.73. The highest BCUT2D eigenvalue weighted by Crippen LogP contribution is 2.00. The fourth-order valence-corrected chi connectivity index (χ4v) is 1.07. The number of amides is 1. The van der Waals surface area contributed by atoms with Crippen LogP contribution in [0.2, 0.25) is 0 Å². The van der Waals surface area contributed by atoms with Gasteiger partial charge in [-0.3, -0.25) is 4.79 Å². The van der Waals surface area contributed by atoms with Crippen molar-refractivity contribution in [2.24, 2.45) is 0 Å². The average molecular weight is 243 g/mol. The van der Waals surface area contributed by atoms with Gasteiger partial charge in [0.05, 0.1) is 6.54 Å². The van der Waals surface area contributed by atoms with Crippen LogP contribution in [-0.2, 0) is 16.1 Å². The predicted octanol–water partition coefficient (Wildman–Crippen LogP) is -1.22. The van der Waals surface area contributed by atoms with Crippen LogP contribution in [0.3, 0.4) is 0 Å². The quantitative estimate of drug-likeness (QED) is 0.487. The number of rotatable bonds is 5. The Labute approximate surface area is 94.4 Å². The summed E-state index contributed by atoms with van der Waals surface area (Å²) in [5.41, 5.74) is 0. The lowest BCUT2D eigenvalue weighted by atomic mass is 10.3. The van der Waals surface area contributed by atoms with Gasteiger partial charge >= 0.3 is 11.9 Å². The number of aliphatic carboxylic acids is 1. The molecule has 1 aromatic rings. The van der Waals surface area contributed by atoms with Crippen molar-refractivity contribution in [1.29, 1.82) is 0 Å². The number of nitrogens with zero attached hydrogens (tertiary/aromatic N) is 4. The van der Waals surface area contributed by atoms with Crippen LogP contribution in [0, 0.1) is 10.1 Å². The largest absolute Gasteiger partial charge is 0.490 e. The summed E-state index contributed by atoms with van der Waals surface area (Å²) >= 11 is 0. The van der Waals surface area contributed by atoms with Gasteiger partial charge in [-0.05, 0) is 4.92 Å². The molecule has 1 amide bonds. The summed E-state index contributed by atoms with van der Waals surface area (Å²) in [6.45, 7) is 0.926. The number of carbonyl (C=O) groups is 2. The number of hydrogen-bond acceptors (Lipinski definition) is 6. The van der Waals surface area contributed by atoms with Crippen LogP contribution >= 0.6 is 0 Å². The van der Waals surface area contributed by atoms with Gasteiger partial charge in [-0.2, -0.15) is 4.68 Å². The maximum Gasteiger partial charge on any atom is 0.490 e. The highest BCUT2D eigenvalue weighted by atomic mass is 16.6. The van der Waals surface area contributed by atoms with Crippen LogP contribution in [0.25, 0.3) is 0 Å². The molecule has 92 valence electrons. The standard InChI is InChI=1S/C7H9N5O5/c1-4(13)9-5(6(14)15)2-11-3-8-7(10-11)12(16)17/h3,5H,2H2,1H3,(H,9,13)(H,14,15). The molecule has 0 aromatic carbocycles. The van der Waals surface area contributed by atoms with Crippen LogP contribution < -0.4 is 5.32 Å². The van der Waals surface area contributed by atoms with Crippen molar-refractivity contribution in [1.82, 2.24) is 20.1 Å². The molecule has 1 rings (SSSR count). The van der Waals surface area contributed by atoms with E-state index < -0.39 is 28.8 Å². The van der Waals surface area contributed by atoms with Crippen molar-refractivity contribution < 1.29 is 19.6 Å². The normalized spacial score (nSPS) is 11.8. The number of carbonyl (C=O) groups excluding carboxylic acids is 1. The van der Waals surface area contributed by atoms with Crippen LogP contribution in [0.1, 0.15) is 6.92 Å². The second-order valence-electron chi connectivity index (χ2n) is 3.12. The first-order valence-electron chi connectivity index (χ1n) is 4.44. The molecule has 0 bridgehead atoms. The molecular weight excluding hydrogens is 234 g/mol. The zero-order valence-corrected chi connectivity index (χ0v) is 8.73. The van der Waals surface area contributed by atoms with E-state index in [4.69, 9.17) is 5.11 Å². The van der Waals surface area contributed by atoms with Gasteiger partial charge in [0.2, 0.25) is 12.2 Å². The van der Waals surface area contributed by atoms with E-state index in [9.17, 15) is 19.7 Å². The Morgan fingerprint density at radius 3 is 2.76 bits per heavy atom. The van der Waals surface area contributed by atoms with E-state index in [0.717, 1.165) is 11.0 Å². The fraction of sp³-hybridized carbons (Fsp3) is 0.429. The number of carboxylic acid groups (broad SMARTS) is 1. The van der Waals surface area contributed by atoms with E-state index in [1.54, 1.807) is 0 Å². The van der Waals surface area contributed by atoms with E-state index >= 15 is 0 Å². The van der Waals surface area contributed by atoms with Gasteiger partial charge in [-0.1, -0.05) is 4.98 Å². The van der Waals surface area contributed by atoms with Crippen molar-refractivity contribution >= 4 is 17.8 Å². The molecule has 1 unspecified atom stereocenters. The first-order valence-corrected chi connectivity index (χ1v) is 4.44. The lowest BCUT2D eigenvalue weighted by molar-refractivity contribution is -0.394. The molecule has 0 aliphatic carbocycles. The van der Waals surface area contributed by atoms with Crippen LogP contribution in [0.5, 0.6) is 0 Å². The molecule has 0 fully saturated rings. The van der Waals surface area contributed by atoms with Crippen LogP contribution in [0.15, 0.2) is 6.33 Å². The summed E-state index contributed by atoms with van der Waals surface area (Å²) in [6.07, 6.45) is 1.02. The van der Waals surface area contributed by atoms with Crippen molar-refractivity contribution in [3.05, 3.63) is 16.4 Å². The predicted molar refractivity (Wildman–Crippen MR) is 51.9 cm³/mol. The molecule has 17 heavy (non-hydrogen) atoms. The van der Waals surface area contributed by atoms with Crippen LogP contribution in [-0.4, -0.2) is 42.7 Å². The SMILES string of the molecule is CC(=O)NC(Cn1cnc([N+](=O)[O-])n1)C(=O)O. The molecule has 1 heterocycles. The Morgan fingerprint density at radius 1 is 1.71 bits per heavy atom. The number of hydrogen-bond donors (Lipinski definition) is 2. The van der Waals surface area contributed by atoms with E-state index in [2.05, 4.69) is 15.4 Å². The highest BCUT2D eigenvalue weighted by molar-refractivity contribution is 5.81. The van der Waals surface area contributed by atoms with E-state index in [1.165, 1.54) is 6.92 Å². The second-order valence-corrected chi connectivity index (χ2v) is 3.12. The Hall–Kier alpha value is -2.52. The number of aromatic nitrogens is 3. The number of nitrogens with one attached hydrogen (secondary N) is 1. The van der Waals surface area contributed by atoms with Gasteiger partial charge in [0.15, 0.2) is 0 Å². The van der Waals surface area contributed by atoms with Gasteiger partial charge < -0.3 is 20.5 Å².